The van der Waals surface area contributed by atoms with Crippen LogP contribution in [0.5, 0.6) is 0 Å². The van der Waals surface area contributed by atoms with E-state index in [1.54, 1.807) is 4.90 Å². The second-order valence-corrected chi connectivity index (χ2v) is 7.22. The van der Waals surface area contributed by atoms with Crippen LogP contribution in [-0.4, -0.2) is 70.3 Å². The van der Waals surface area contributed by atoms with Gasteiger partial charge >= 0.3 is 5.97 Å². The van der Waals surface area contributed by atoms with Crippen LogP contribution >= 0.6 is 11.3 Å². The first-order chi connectivity index (χ1) is 13.8. The van der Waals surface area contributed by atoms with Gasteiger partial charge in [0.15, 0.2) is 11.1 Å². The number of carboxylic acid groups (broad SMARTS) is 1. The number of carboxylic acids is 1. The van der Waals surface area contributed by atoms with Gasteiger partial charge in [0.25, 0.3) is 5.91 Å². The number of nitrogens with one attached hydrogen (secondary N) is 4. The van der Waals surface area contributed by atoms with Crippen molar-refractivity contribution in [2.45, 2.75) is 31.7 Å². The van der Waals surface area contributed by atoms with Crippen molar-refractivity contribution in [3.63, 3.8) is 0 Å². The van der Waals surface area contributed by atoms with E-state index in [0.717, 1.165) is 30.6 Å². The molecule has 0 bridgehead atoms. The average molecular weight is 425 g/mol. The molecule has 0 unspecified atom stereocenters. The maximum absolute atomic E-state index is 12.5. The second-order valence-electron chi connectivity index (χ2n) is 6.36. The zero-order chi connectivity index (χ0) is 21.4. The van der Waals surface area contributed by atoms with E-state index >= 15 is 0 Å². The number of likely N-dealkylation sites (tertiary alicyclic amines) is 1. The first-order valence-electron chi connectivity index (χ1n) is 8.91. The molecule has 0 spiro atoms. The van der Waals surface area contributed by atoms with Gasteiger partial charge < -0.3 is 31.7 Å². The summed E-state index contributed by atoms with van der Waals surface area (Å²) in [5.41, 5.74) is 5.21. The maximum atomic E-state index is 12.5. The lowest BCUT2D eigenvalue weighted by Crippen LogP contribution is -2.52. The van der Waals surface area contributed by atoms with E-state index in [4.69, 9.17) is 16.2 Å². The van der Waals surface area contributed by atoms with E-state index in [9.17, 15) is 19.2 Å². The Balaban J connectivity index is 1.89. The van der Waals surface area contributed by atoms with Crippen LogP contribution in [0.2, 0.25) is 0 Å². The standard InChI is InChI=1S/C16H23N7O5S/c17-15(18)22-16-21-10(8-29-16)13(27)19-7-11(24)20-9(6-12(25)26)14(28)23-4-2-1-3-5-23/h8-9H,1-7H2,(H,19,27)(H,20,24)(H,25,26)(H4,17,18,21,22)/t9-/m0/s1. The molecule has 7 N–H and O–H groups in total. The fourth-order valence-electron chi connectivity index (χ4n) is 2.76. The molecule has 1 aromatic heterocycles. The zero-order valence-corrected chi connectivity index (χ0v) is 16.4. The first kappa shape index (κ1) is 22.1. The number of guanidine groups is 1. The van der Waals surface area contributed by atoms with Crippen molar-refractivity contribution in [3.8, 4) is 0 Å². The summed E-state index contributed by atoms with van der Waals surface area (Å²) in [5.74, 6) is -3.30. The molecule has 1 atom stereocenters. The summed E-state index contributed by atoms with van der Waals surface area (Å²) < 4.78 is 0. The number of carbonyl (C=O) groups is 4. The molecule has 3 amide bonds. The predicted octanol–water partition coefficient (Wildman–Crippen LogP) is -0.850. The number of aliphatic carboxylic acids is 1. The first-order valence-corrected chi connectivity index (χ1v) is 9.79. The Morgan fingerprint density at radius 1 is 1.28 bits per heavy atom. The molecule has 2 rings (SSSR count). The average Bonchev–Trinajstić information content (AvgIpc) is 3.13. The van der Waals surface area contributed by atoms with Crippen LogP contribution in [0.15, 0.2) is 5.38 Å². The SMILES string of the molecule is N=C(N)Nc1nc(C(=O)NCC(=O)N[C@@H](CC(=O)O)C(=O)N2CCCCC2)cs1. The van der Waals surface area contributed by atoms with Gasteiger partial charge in [-0.05, 0) is 19.3 Å². The summed E-state index contributed by atoms with van der Waals surface area (Å²) in [6, 6.07) is -1.19. The van der Waals surface area contributed by atoms with E-state index in [-0.39, 0.29) is 16.8 Å². The number of amides is 3. The monoisotopic (exact) mass is 425 g/mol. The summed E-state index contributed by atoms with van der Waals surface area (Å²) in [7, 11) is 0. The van der Waals surface area contributed by atoms with Crippen LogP contribution in [0.3, 0.4) is 0 Å². The van der Waals surface area contributed by atoms with Crippen molar-refractivity contribution in [3.05, 3.63) is 11.1 Å². The van der Waals surface area contributed by atoms with E-state index in [0.29, 0.717) is 13.1 Å². The smallest absolute Gasteiger partial charge is 0.305 e. The number of hydrogen-bond donors (Lipinski definition) is 6. The summed E-state index contributed by atoms with van der Waals surface area (Å²) in [6.45, 7) is 0.610. The topological polar surface area (TPSA) is 191 Å². The van der Waals surface area contributed by atoms with Gasteiger partial charge in [-0.3, -0.25) is 24.6 Å². The van der Waals surface area contributed by atoms with Crippen LogP contribution in [0.4, 0.5) is 5.13 Å². The minimum Gasteiger partial charge on any atom is -0.481 e. The molecule has 1 fully saturated rings. The van der Waals surface area contributed by atoms with Gasteiger partial charge in [0, 0.05) is 18.5 Å². The van der Waals surface area contributed by atoms with Crippen molar-refractivity contribution < 1.29 is 24.3 Å². The Labute approximate surface area is 170 Å². The number of carbonyl (C=O) groups excluding carboxylic acids is 3. The van der Waals surface area contributed by atoms with Crippen molar-refractivity contribution in [2.24, 2.45) is 5.73 Å². The van der Waals surface area contributed by atoms with Gasteiger partial charge in [0.05, 0.1) is 13.0 Å². The van der Waals surface area contributed by atoms with Crippen LogP contribution in [0.1, 0.15) is 36.2 Å². The minimum absolute atomic E-state index is 0.0260. The summed E-state index contributed by atoms with van der Waals surface area (Å²) >= 11 is 1.06. The Morgan fingerprint density at radius 2 is 1.97 bits per heavy atom. The molecule has 1 aromatic rings. The van der Waals surface area contributed by atoms with Crippen molar-refractivity contribution >= 4 is 46.1 Å². The zero-order valence-electron chi connectivity index (χ0n) is 15.6. The third-order valence-electron chi connectivity index (χ3n) is 4.07. The lowest BCUT2D eigenvalue weighted by Gasteiger charge is -2.30. The van der Waals surface area contributed by atoms with Gasteiger partial charge in [0.1, 0.15) is 11.7 Å². The van der Waals surface area contributed by atoms with Crippen molar-refractivity contribution in [1.29, 1.82) is 5.41 Å². The molecule has 13 heteroatoms. The summed E-state index contributed by atoms with van der Waals surface area (Å²) in [6.07, 6.45) is 2.14. The molecule has 0 saturated carbocycles. The van der Waals surface area contributed by atoms with Gasteiger partial charge in [-0.1, -0.05) is 0 Å². The van der Waals surface area contributed by atoms with E-state index in [1.165, 1.54) is 5.38 Å². The number of anilines is 1. The van der Waals surface area contributed by atoms with E-state index in [1.807, 2.05) is 0 Å². The molecule has 1 aliphatic heterocycles. The van der Waals surface area contributed by atoms with Crippen LogP contribution in [0.25, 0.3) is 0 Å². The maximum Gasteiger partial charge on any atom is 0.305 e. The predicted molar refractivity (Wildman–Crippen MR) is 105 cm³/mol. The largest absolute Gasteiger partial charge is 0.481 e. The molecule has 0 radical (unpaired) electrons. The lowest BCUT2D eigenvalue weighted by molar-refractivity contribution is -0.144. The molecule has 0 aromatic carbocycles. The number of nitrogens with two attached hydrogens (primary N) is 1. The molecular formula is C16H23N7O5S. The molecule has 29 heavy (non-hydrogen) atoms. The van der Waals surface area contributed by atoms with Crippen LogP contribution in [-0.2, 0) is 14.4 Å². The van der Waals surface area contributed by atoms with Crippen LogP contribution < -0.4 is 21.7 Å². The number of piperidine rings is 1. The number of aromatic nitrogens is 1. The molecule has 12 nitrogen and oxygen atoms in total. The summed E-state index contributed by atoms with van der Waals surface area (Å²) in [4.78, 5) is 53.3. The van der Waals surface area contributed by atoms with Crippen LogP contribution in [0, 0.1) is 5.41 Å². The highest BCUT2D eigenvalue weighted by Gasteiger charge is 2.29. The number of thiazole rings is 1. The van der Waals surface area contributed by atoms with E-state index in [2.05, 4.69) is 20.9 Å². The molecule has 1 aliphatic rings. The molecule has 2 heterocycles. The number of hydrogen-bond acceptors (Lipinski definition) is 7. The van der Waals surface area contributed by atoms with Crippen molar-refractivity contribution in [1.82, 2.24) is 20.5 Å². The molecule has 158 valence electrons. The highest BCUT2D eigenvalue weighted by molar-refractivity contribution is 7.14. The number of nitrogens with zero attached hydrogens (tertiary/aromatic N) is 2. The van der Waals surface area contributed by atoms with Gasteiger partial charge in [-0.2, -0.15) is 0 Å². The molecule has 0 aliphatic carbocycles. The normalized spacial score (nSPS) is 14.6. The molecular weight excluding hydrogens is 402 g/mol. The Hall–Kier alpha value is -3.22. The quantitative estimate of drug-likeness (QED) is 0.229. The number of rotatable bonds is 8. The second kappa shape index (κ2) is 10.4. The highest BCUT2D eigenvalue weighted by Crippen LogP contribution is 2.14. The van der Waals surface area contributed by atoms with Gasteiger partial charge in [0.2, 0.25) is 11.8 Å². The fraction of sp³-hybridized carbons (Fsp3) is 0.500. The third kappa shape index (κ3) is 7.03. The Kier molecular flexibility index (Phi) is 7.88. The lowest BCUT2D eigenvalue weighted by atomic mass is 10.1. The Bertz CT molecular complexity index is 790. The van der Waals surface area contributed by atoms with Crippen molar-refractivity contribution in [2.75, 3.05) is 25.0 Å². The fourth-order valence-corrected chi connectivity index (χ4v) is 3.46. The van der Waals surface area contributed by atoms with Gasteiger partial charge in [-0.25, -0.2) is 4.98 Å². The highest BCUT2D eigenvalue weighted by atomic mass is 32.1. The molecule has 1 saturated heterocycles. The summed E-state index contributed by atoms with van der Waals surface area (Å²) in [5, 5.41) is 25.0. The van der Waals surface area contributed by atoms with E-state index < -0.39 is 42.7 Å². The minimum atomic E-state index is -1.21. The third-order valence-corrected chi connectivity index (χ3v) is 4.83. The van der Waals surface area contributed by atoms with Gasteiger partial charge in [-0.15, -0.1) is 11.3 Å². The Morgan fingerprint density at radius 3 is 2.59 bits per heavy atom.